The van der Waals surface area contributed by atoms with Crippen molar-refractivity contribution in [2.24, 2.45) is 7.05 Å². The molecule has 3 rings (SSSR count). The lowest BCUT2D eigenvalue weighted by Crippen LogP contribution is -2.13. The minimum Gasteiger partial charge on any atom is -0.293 e. The van der Waals surface area contributed by atoms with Crippen LogP contribution in [0.15, 0.2) is 29.1 Å². The third-order valence-electron chi connectivity index (χ3n) is 4.18. The van der Waals surface area contributed by atoms with Crippen molar-refractivity contribution in [1.82, 2.24) is 19.6 Å². The van der Waals surface area contributed by atoms with Gasteiger partial charge in [0.05, 0.1) is 15.7 Å². The van der Waals surface area contributed by atoms with E-state index in [1.165, 1.54) is 28.4 Å². The van der Waals surface area contributed by atoms with Gasteiger partial charge in [0.2, 0.25) is 5.78 Å². The van der Waals surface area contributed by atoms with Gasteiger partial charge >= 0.3 is 0 Å². The summed E-state index contributed by atoms with van der Waals surface area (Å²) in [6.07, 6.45) is 0. The first-order chi connectivity index (χ1) is 12.7. The lowest BCUT2D eigenvalue weighted by Gasteiger charge is -2.11. The van der Waals surface area contributed by atoms with E-state index < -0.39 is 5.78 Å². The molecule has 0 radical (unpaired) electrons. The van der Waals surface area contributed by atoms with Gasteiger partial charge in [0, 0.05) is 37.7 Å². The predicted molar refractivity (Wildman–Crippen MR) is 103 cm³/mol. The van der Waals surface area contributed by atoms with Gasteiger partial charge in [0.1, 0.15) is 11.4 Å². The van der Waals surface area contributed by atoms with Gasteiger partial charge in [0.25, 0.3) is 5.56 Å². The number of H-pyrrole nitrogens is 1. The fourth-order valence-corrected chi connectivity index (χ4v) is 3.42. The van der Waals surface area contributed by atoms with E-state index in [9.17, 15) is 14.4 Å². The van der Waals surface area contributed by atoms with Crippen molar-refractivity contribution < 1.29 is 9.59 Å². The number of aromatic nitrogens is 4. The van der Waals surface area contributed by atoms with Gasteiger partial charge in [-0.05, 0) is 25.1 Å². The molecule has 0 unspecified atom stereocenters. The van der Waals surface area contributed by atoms with Crippen molar-refractivity contribution in [3.63, 3.8) is 0 Å². The molecule has 7 nitrogen and oxygen atoms in total. The monoisotopic (exact) mass is 406 g/mol. The van der Waals surface area contributed by atoms with Crippen LogP contribution >= 0.6 is 23.2 Å². The molecule has 0 spiro atoms. The molecule has 0 aliphatic heterocycles. The zero-order valence-corrected chi connectivity index (χ0v) is 16.4. The lowest BCUT2D eigenvalue weighted by atomic mass is 10.0. The van der Waals surface area contributed by atoms with Crippen molar-refractivity contribution >= 4 is 34.8 Å². The molecule has 1 aromatic carbocycles. The van der Waals surface area contributed by atoms with Gasteiger partial charge in [-0.3, -0.25) is 28.8 Å². The normalized spacial score (nSPS) is 11.0. The van der Waals surface area contributed by atoms with E-state index >= 15 is 0 Å². The smallest absolute Gasteiger partial charge is 0.267 e. The van der Waals surface area contributed by atoms with E-state index in [1.54, 1.807) is 26.1 Å². The molecule has 27 heavy (non-hydrogen) atoms. The number of aromatic amines is 1. The topological polar surface area (TPSA) is 89.8 Å². The third kappa shape index (κ3) is 3.36. The number of Topliss-reactive ketones (excluding diaryl/α,β-unsaturated/α-hetero) is 1. The van der Waals surface area contributed by atoms with Crippen LogP contribution in [0.25, 0.3) is 11.3 Å². The summed E-state index contributed by atoms with van der Waals surface area (Å²) in [6, 6.07) is 5.85. The number of halogens is 2. The second-order valence-corrected chi connectivity index (χ2v) is 6.75. The van der Waals surface area contributed by atoms with Crippen LogP contribution in [0, 0.1) is 0 Å². The minimum absolute atomic E-state index is 0.121. The van der Waals surface area contributed by atoms with Crippen molar-refractivity contribution in [3.8, 4) is 11.3 Å². The molecule has 0 saturated carbocycles. The summed E-state index contributed by atoms with van der Waals surface area (Å²) in [4.78, 5) is 36.3. The van der Waals surface area contributed by atoms with Gasteiger partial charge in [-0.15, -0.1) is 0 Å². The standard InChI is InChI=1S/C18H16Cl2N4O3/c1-4-24-15(26)8-13(22-24)18(27)10-5-6-11(19)16(17(10)20)14-7-12(9(2)25)21-23(14)3/h5-8,22H,4H2,1-3H3. The molecule has 0 saturated heterocycles. The molecule has 0 atom stereocenters. The highest BCUT2D eigenvalue weighted by Gasteiger charge is 2.23. The Morgan fingerprint density at radius 2 is 1.93 bits per heavy atom. The summed E-state index contributed by atoms with van der Waals surface area (Å²) >= 11 is 12.8. The van der Waals surface area contributed by atoms with Crippen molar-refractivity contribution in [2.45, 2.75) is 20.4 Å². The van der Waals surface area contributed by atoms with Crippen molar-refractivity contribution in [2.75, 3.05) is 0 Å². The number of nitrogens with zero attached hydrogens (tertiary/aromatic N) is 3. The second kappa shape index (κ2) is 7.17. The number of benzene rings is 1. The maximum atomic E-state index is 12.9. The molecule has 2 aromatic heterocycles. The quantitative estimate of drug-likeness (QED) is 0.657. The van der Waals surface area contributed by atoms with Crippen LogP contribution in [0.5, 0.6) is 0 Å². The second-order valence-electron chi connectivity index (χ2n) is 5.96. The maximum absolute atomic E-state index is 12.9. The SMILES string of the molecule is CCn1[nH]c(C(=O)c2ccc(Cl)c(-c3cc(C(C)=O)nn3C)c2Cl)cc1=O. The predicted octanol–water partition coefficient (Wildman–Crippen LogP) is 3.34. The Morgan fingerprint density at radius 1 is 1.22 bits per heavy atom. The fourth-order valence-electron chi connectivity index (χ4n) is 2.77. The van der Waals surface area contributed by atoms with E-state index in [0.717, 1.165) is 0 Å². The first-order valence-corrected chi connectivity index (χ1v) is 8.88. The molecule has 0 amide bonds. The minimum atomic E-state index is -0.434. The summed E-state index contributed by atoms with van der Waals surface area (Å²) in [5, 5.41) is 7.34. The Labute approximate surface area is 164 Å². The number of rotatable bonds is 5. The van der Waals surface area contributed by atoms with Gasteiger partial charge in [-0.1, -0.05) is 23.2 Å². The highest BCUT2D eigenvalue weighted by molar-refractivity contribution is 6.41. The van der Waals surface area contributed by atoms with Crippen LogP contribution in [0.1, 0.15) is 40.4 Å². The van der Waals surface area contributed by atoms with E-state index in [-0.39, 0.29) is 33.3 Å². The largest absolute Gasteiger partial charge is 0.293 e. The number of aryl methyl sites for hydroxylation is 2. The Morgan fingerprint density at radius 3 is 2.48 bits per heavy atom. The van der Waals surface area contributed by atoms with Crippen molar-refractivity contribution in [3.05, 3.63) is 61.6 Å². The summed E-state index contributed by atoms with van der Waals surface area (Å²) in [5.41, 5.74) is 1.18. The zero-order valence-electron chi connectivity index (χ0n) is 14.8. The molecule has 3 aromatic rings. The summed E-state index contributed by atoms with van der Waals surface area (Å²) < 4.78 is 2.80. The summed E-state index contributed by atoms with van der Waals surface area (Å²) in [7, 11) is 1.65. The molecular formula is C18H16Cl2N4O3. The van der Waals surface area contributed by atoms with Gasteiger partial charge < -0.3 is 0 Å². The molecule has 0 fully saturated rings. The molecule has 2 heterocycles. The number of ketones is 2. The molecule has 0 bridgehead atoms. The van der Waals surface area contributed by atoms with Crippen LogP contribution in [-0.2, 0) is 13.6 Å². The van der Waals surface area contributed by atoms with Gasteiger partial charge in [-0.2, -0.15) is 5.10 Å². The number of nitrogens with one attached hydrogen (secondary N) is 1. The van der Waals surface area contributed by atoms with E-state index in [0.29, 0.717) is 22.8 Å². The van der Waals surface area contributed by atoms with Gasteiger partial charge in [-0.25, -0.2) is 0 Å². The Bertz CT molecular complexity index is 1120. The van der Waals surface area contributed by atoms with Crippen molar-refractivity contribution in [1.29, 1.82) is 0 Å². The number of hydrogen-bond acceptors (Lipinski definition) is 4. The number of carbonyl (C=O) groups excluding carboxylic acids is 2. The Kier molecular flexibility index (Phi) is 5.08. The average Bonchev–Trinajstić information content (AvgIpc) is 3.18. The van der Waals surface area contributed by atoms with E-state index in [2.05, 4.69) is 10.2 Å². The summed E-state index contributed by atoms with van der Waals surface area (Å²) in [6.45, 7) is 3.60. The molecular weight excluding hydrogens is 391 g/mol. The van der Waals surface area contributed by atoms with Crippen LogP contribution in [0.3, 0.4) is 0 Å². The van der Waals surface area contributed by atoms with E-state index in [1.807, 2.05) is 0 Å². The first kappa shape index (κ1) is 19.1. The lowest BCUT2D eigenvalue weighted by molar-refractivity contribution is 0.101. The first-order valence-electron chi connectivity index (χ1n) is 8.12. The zero-order chi connectivity index (χ0) is 19.9. The van der Waals surface area contributed by atoms with Crippen LogP contribution in [0.4, 0.5) is 0 Å². The number of carbonyl (C=O) groups is 2. The number of hydrogen-bond donors (Lipinski definition) is 1. The Hall–Kier alpha value is -2.64. The molecule has 0 aliphatic rings. The highest BCUT2D eigenvalue weighted by atomic mass is 35.5. The van der Waals surface area contributed by atoms with Crippen LogP contribution in [-0.4, -0.2) is 31.1 Å². The van der Waals surface area contributed by atoms with Gasteiger partial charge in [0.15, 0.2) is 5.78 Å². The third-order valence-corrected chi connectivity index (χ3v) is 4.89. The molecule has 1 N–H and O–H groups in total. The average molecular weight is 407 g/mol. The van der Waals surface area contributed by atoms with E-state index in [4.69, 9.17) is 23.2 Å². The molecule has 9 heteroatoms. The molecule has 0 aliphatic carbocycles. The molecule has 140 valence electrons. The fraction of sp³-hybridized carbons (Fsp3) is 0.222. The Balaban J connectivity index is 2.15. The maximum Gasteiger partial charge on any atom is 0.267 e. The van der Waals surface area contributed by atoms with Crippen LogP contribution in [0.2, 0.25) is 10.0 Å². The van der Waals surface area contributed by atoms with Crippen LogP contribution < -0.4 is 5.56 Å². The highest BCUT2D eigenvalue weighted by Crippen LogP contribution is 2.37. The summed E-state index contributed by atoms with van der Waals surface area (Å²) in [5.74, 6) is -0.633.